The van der Waals surface area contributed by atoms with Gasteiger partial charge in [0.25, 0.3) is 0 Å². The summed E-state index contributed by atoms with van der Waals surface area (Å²) < 4.78 is 31.3. The average molecular weight is 405 g/mol. The molecule has 2 aromatic rings. The first-order chi connectivity index (χ1) is 13.2. The summed E-state index contributed by atoms with van der Waals surface area (Å²) in [6, 6.07) is 13.1. The Kier molecular flexibility index (Phi) is 7.45. The molecule has 0 aliphatic carbocycles. The lowest BCUT2D eigenvalue weighted by Gasteiger charge is -2.24. The number of hydrogen-bond donors (Lipinski definition) is 1. The van der Waals surface area contributed by atoms with Gasteiger partial charge >= 0.3 is 0 Å². The molecule has 0 bridgehead atoms. The van der Waals surface area contributed by atoms with Gasteiger partial charge in [0.1, 0.15) is 18.9 Å². The molecule has 6 nitrogen and oxygen atoms in total. The van der Waals surface area contributed by atoms with Crippen LogP contribution in [0.1, 0.15) is 23.6 Å². The number of ether oxygens (including phenoxy) is 1. The van der Waals surface area contributed by atoms with Gasteiger partial charge in [-0.15, -0.1) is 0 Å². The van der Waals surface area contributed by atoms with Crippen LogP contribution in [0.2, 0.25) is 0 Å². The van der Waals surface area contributed by atoms with Crippen LogP contribution in [0.3, 0.4) is 0 Å². The van der Waals surface area contributed by atoms with Crippen molar-refractivity contribution in [3.8, 4) is 5.75 Å². The standard InChI is InChI=1S/C21H28N2O4S/c1-5-18-8-6-7-9-19(18)23(28(4,25)26)15-21(24)22-12-13-27-20-11-10-16(2)14-17(20)3/h6-11,14H,5,12-13,15H2,1-4H3,(H,22,24). The van der Waals surface area contributed by atoms with E-state index in [4.69, 9.17) is 4.74 Å². The summed E-state index contributed by atoms with van der Waals surface area (Å²) in [4.78, 5) is 12.3. The van der Waals surface area contributed by atoms with Crippen LogP contribution in [0.5, 0.6) is 5.75 Å². The highest BCUT2D eigenvalue weighted by Crippen LogP contribution is 2.23. The zero-order valence-electron chi connectivity index (χ0n) is 16.9. The third-order valence-corrected chi connectivity index (χ3v) is 5.47. The minimum absolute atomic E-state index is 0.264. The van der Waals surface area contributed by atoms with Crippen molar-refractivity contribution < 1.29 is 17.9 Å². The largest absolute Gasteiger partial charge is 0.491 e. The molecule has 0 aliphatic heterocycles. The van der Waals surface area contributed by atoms with Crippen molar-refractivity contribution in [2.45, 2.75) is 27.2 Å². The molecule has 1 amide bonds. The van der Waals surface area contributed by atoms with E-state index in [0.717, 1.165) is 33.0 Å². The normalized spacial score (nSPS) is 11.1. The summed E-state index contributed by atoms with van der Waals surface area (Å²) in [5.41, 5.74) is 3.60. The molecule has 0 radical (unpaired) electrons. The Labute approximate surface area is 167 Å². The number of carbonyl (C=O) groups is 1. The first-order valence-electron chi connectivity index (χ1n) is 9.24. The van der Waals surface area contributed by atoms with Gasteiger partial charge < -0.3 is 10.1 Å². The summed E-state index contributed by atoms with van der Waals surface area (Å²) in [5.74, 6) is 0.398. The molecule has 0 heterocycles. The Balaban J connectivity index is 1.95. The van der Waals surface area contributed by atoms with Crippen LogP contribution in [0, 0.1) is 13.8 Å². The van der Waals surface area contributed by atoms with Crippen molar-refractivity contribution in [3.63, 3.8) is 0 Å². The number of nitrogens with one attached hydrogen (secondary N) is 1. The number of aryl methyl sites for hydroxylation is 3. The van der Waals surface area contributed by atoms with Gasteiger partial charge in [0.05, 0.1) is 18.5 Å². The lowest BCUT2D eigenvalue weighted by atomic mass is 10.1. The maximum atomic E-state index is 12.3. The fraction of sp³-hybridized carbons (Fsp3) is 0.381. The highest BCUT2D eigenvalue weighted by molar-refractivity contribution is 7.92. The number of sulfonamides is 1. The Morgan fingerprint density at radius 1 is 1.14 bits per heavy atom. The van der Waals surface area contributed by atoms with Gasteiger partial charge in [-0.25, -0.2) is 8.42 Å². The number of carbonyl (C=O) groups excluding carboxylic acids is 1. The average Bonchev–Trinajstić information content (AvgIpc) is 2.63. The molecule has 7 heteroatoms. The summed E-state index contributed by atoms with van der Waals surface area (Å²) >= 11 is 0. The van der Waals surface area contributed by atoms with Crippen LogP contribution < -0.4 is 14.4 Å². The third kappa shape index (κ3) is 5.99. The van der Waals surface area contributed by atoms with Gasteiger partial charge in [-0.05, 0) is 43.5 Å². The second-order valence-corrected chi connectivity index (χ2v) is 8.63. The van der Waals surface area contributed by atoms with E-state index in [1.54, 1.807) is 12.1 Å². The molecule has 0 unspecified atom stereocenters. The van der Waals surface area contributed by atoms with Crippen molar-refractivity contribution in [3.05, 3.63) is 59.2 Å². The predicted molar refractivity (Wildman–Crippen MR) is 112 cm³/mol. The maximum Gasteiger partial charge on any atom is 0.240 e. The molecule has 2 rings (SSSR count). The van der Waals surface area contributed by atoms with Crippen molar-refractivity contribution >= 4 is 21.6 Å². The second-order valence-electron chi connectivity index (χ2n) is 6.72. The fourth-order valence-corrected chi connectivity index (χ4v) is 3.82. The topological polar surface area (TPSA) is 75.7 Å². The van der Waals surface area contributed by atoms with Crippen molar-refractivity contribution in [1.82, 2.24) is 5.32 Å². The Morgan fingerprint density at radius 2 is 1.86 bits per heavy atom. The second kappa shape index (κ2) is 9.59. The number of para-hydroxylation sites is 1. The van der Waals surface area contributed by atoms with Gasteiger partial charge in [0.15, 0.2) is 0 Å². The van der Waals surface area contributed by atoms with Crippen LogP contribution in [-0.4, -0.2) is 40.3 Å². The van der Waals surface area contributed by atoms with Crippen molar-refractivity contribution in [2.75, 3.05) is 30.3 Å². The molecule has 28 heavy (non-hydrogen) atoms. The maximum absolute atomic E-state index is 12.3. The fourth-order valence-electron chi connectivity index (χ4n) is 2.93. The van der Waals surface area contributed by atoms with Gasteiger partial charge in [0.2, 0.25) is 15.9 Å². The molecule has 0 fully saturated rings. The molecular formula is C21H28N2O4S. The number of rotatable bonds is 9. The van der Waals surface area contributed by atoms with Crippen molar-refractivity contribution in [1.29, 1.82) is 0 Å². The Bertz CT molecular complexity index is 926. The minimum Gasteiger partial charge on any atom is -0.491 e. The first kappa shape index (κ1) is 21.8. The molecular weight excluding hydrogens is 376 g/mol. The van der Waals surface area contributed by atoms with Crippen LogP contribution in [0.25, 0.3) is 0 Å². The zero-order chi connectivity index (χ0) is 20.7. The number of amides is 1. The number of nitrogens with zero attached hydrogens (tertiary/aromatic N) is 1. The summed E-state index contributed by atoms with van der Waals surface area (Å²) in [6.45, 7) is 6.26. The molecule has 152 valence electrons. The van der Waals surface area contributed by atoms with Crippen LogP contribution >= 0.6 is 0 Å². The van der Waals surface area contributed by atoms with E-state index < -0.39 is 10.0 Å². The summed E-state index contributed by atoms with van der Waals surface area (Å²) in [7, 11) is -3.59. The SMILES string of the molecule is CCc1ccccc1N(CC(=O)NCCOc1ccc(C)cc1C)S(C)(=O)=O. The number of benzene rings is 2. The smallest absolute Gasteiger partial charge is 0.240 e. The van der Waals surface area contributed by atoms with Crippen LogP contribution in [0.4, 0.5) is 5.69 Å². The van der Waals surface area contributed by atoms with E-state index in [1.165, 1.54) is 0 Å². The molecule has 0 aromatic heterocycles. The van der Waals surface area contributed by atoms with E-state index in [9.17, 15) is 13.2 Å². The van der Waals surface area contributed by atoms with E-state index in [2.05, 4.69) is 5.32 Å². The van der Waals surface area contributed by atoms with Gasteiger partial charge in [0, 0.05) is 0 Å². The highest BCUT2D eigenvalue weighted by Gasteiger charge is 2.22. The van der Waals surface area contributed by atoms with Crippen molar-refractivity contribution in [2.24, 2.45) is 0 Å². The van der Waals surface area contributed by atoms with E-state index in [0.29, 0.717) is 25.3 Å². The minimum atomic E-state index is -3.59. The summed E-state index contributed by atoms with van der Waals surface area (Å²) in [6.07, 6.45) is 1.78. The molecule has 0 saturated carbocycles. The highest BCUT2D eigenvalue weighted by atomic mass is 32.2. The molecule has 0 aliphatic rings. The number of anilines is 1. The van der Waals surface area contributed by atoms with Gasteiger partial charge in [-0.3, -0.25) is 9.10 Å². The monoisotopic (exact) mass is 404 g/mol. The Hall–Kier alpha value is -2.54. The lowest BCUT2D eigenvalue weighted by molar-refractivity contribution is -0.119. The third-order valence-electron chi connectivity index (χ3n) is 4.34. The molecule has 2 aromatic carbocycles. The zero-order valence-corrected chi connectivity index (χ0v) is 17.7. The first-order valence-corrected chi connectivity index (χ1v) is 11.1. The Morgan fingerprint density at radius 3 is 2.50 bits per heavy atom. The molecule has 1 N–H and O–H groups in total. The van der Waals surface area contributed by atoms with E-state index >= 15 is 0 Å². The lowest BCUT2D eigenvalue weighted by Crippen LogP contribution is -2.41. The van der Waals surface area contributed by atoms with Crippen LogP contribution in [-0.2, 0) is 21.2 Å². The molecule has 0 spiro atoms. The van der Waals surface area contributed by atoms with E-state index in [-0.39, 0.29) is 12.5 Å². The molecule has 0 atom stereocenters. The van der Waals surface area contributed by atoms with Gasteiger partial charge in [-0.1, -0.05) is 42.8 Å². The molecule has 0 saturated heterocycles. The summed E-state index contributed by atoms with van der Waals surface area (Å²) in [5, 5.41) is 2.72. The van der Waals surface area contributed by atoms with Gasteiger partial charge in [-0.2, -0.15) is 0 Å². The van der Waals surface area contributed by atoms with E-state index in [1.807, 2.05) is 51.1 Å². The number of hydrogen-bond acceptors (Lipinski definition) is 4. The predicted octanol–water partition coefficient (Wildman–Crippen LogP) is 2.83. The quantitative estimate of drug-likeness (QED) is 0.652. The van der Waals surface area contributed by atoms with Crippen LogP contribution in [0.15, 0.2) is 42.5 Å².